The van der Waals surface area contributed by atoms with Gasteiger partial charge in [0.25, 0.3) is 0 Å². The van der Waals surface area contributed by atoms with Crippen molar-refractivity contribution in [1.29, 1.82) is 0 Å². The van der Waals surface area contributed by atoms with Crippen LogP contribution in [0.1, 0.15) is 18.1 Å². The number of amides is 1. The Labute approximate surface area is 143 Å². The van der Waals surface area contributed by atoms with Crippen LogP contribution in [0.4, 0.5) is 5.69 Å². The van der Waals surface area contributed by atoms with Gasteiger partial charge in [-0.3, -0.25) is 9.69 Å². The molecule has 0 spiro atoms. The molecule has 24 heavy (non-hydrogen) atoms. The van der Waals surface area contributed by atoms with Gasteiger partial charge < -0.3 is 16.2 Å². The third-order valence-corrected chi connectivity index (χ3v) is 3.97. The first-order valence-corrected chi connectivity index (χ1v) is 8.12. The van der Waals surface area contributed by atoms with Crippen molar-refractivity contribution in [3.63, 3.8) is 0 Å². The van der Waals surface area contributed by atoms with Crippen LogP contribution < -0.4 is 11.1 Å². The summed E-state index contributed by atoms with van der Waals surface area (Å²) in [6, 6.07) is 17.1. The molecule has 1 unspecified atom stereocenters. The minimum atomic E-state index is -0.362. The van der Waals surface area contributed by atoms with Crippen LogP contribution in [0.2, 0.25) is 0 Å². The van der Waals surface area contributed by atoms with E-state index in [1.165, 1.54) is 0 Å². The van der Waals surface area contributed by atoms with Crippen LogP contribution in [0, 0.1) is 0 Å². The molecule has 5 heteroatoms. The van der Waals surface area contributed by atoms with Crippen molar-refractivity contribution in [3.8, 4) is 0 Å². The Balaban J connectivity index is 2.04. The second-order valence-corrected chi connectivity index (χ2v) is 5.75. The van der Waals surface area contributed by atoms with Crippen LogP contribution in [0.3, 0.4) is 0 Å². The Kier molecular flexibility index (Phi) is 6.93. The molecule has 5 nitrogen and oxygen atoms in total. The smallest absolute Gasteiger partial charge is 0.241 e. The fourth-order valence-corrected chi connectivity index (χ4v) is 2.54. The number of carbonyl (C=O) groups excluding carboxylic acids is 1. The first kappa shape index (κ1) is 18.1. The van der Waals surface area contributed by atoms with Gasteiger partial charge in [-0.15, -0.1) is 0 Å². The topological polar surface area (TPSA) is 78.6 Å². The highest BCUT2D eigenvalue weighted by Crippen LogP contribution is 2.13. The van der Waals surface area contributed by atoms with E-state index < -0.39 is 0 Å². The highest BCUT2D eigenvalue weighted by atomic mass is 16.3. The molecule has 0 aliphatic rings. The maximum atomic E-state index is 12.6. The molecular formula is C19H25N3O2. The summed E-state index contributed by atoms with van der Waals surface area (Å²) in [5, 5.41) is 12.2. The Morgan fingerprint density at radius 3 is 2.54 bits per heavy atom. The number of aliphatic hydroxyl groups is 1. The van der Waals surface area contributed by atoms with Gasteiger partial charge in [0.05, 0.1) is 12.6 Å². The molecule has 0 aromatic heterocycles. The zero-order valence-corrected chi connectivity index (χ0v) is 14.0. The fourth-order valence-electron chi connectivity index (χ4n) is 2.54. The first-order chi connectivity index (χ1) is 11.6. The lowest BCUT2D eigenvalue weighted by Crippen LogP contribution is -2.43. The van der Waals surface area contributed by atoms with E-state index in [1.54, 1.807) is 0 Å². The highest BCUT2D eigenvalue weighted by Gasteiger charge is 2.21. The molecular weight excluding hydrogens is 302 g/mol. The lowest BCUT2D eigenvalue weighted by molar-refractivity contribution is -0.121. The van der Waals surface area contributed by atoms with Crippen molar-refractivity contribution < 1.29 is 9.90 Å². The fraction of sp³-hybridized carbons (Fsp3) is 0.316. The molecule has 0 aliphatic heterocycles. The molecule has 2 aromatic carbocycles. The molecule has 128 valence electrons. The third-order valence-electron chi connectivity index (χ3n) is 3.97. The predicted molar refractivity (Wildman–Crippen MR) is 96.4 cm³/mol. The van der Waals surface area contributed by atoms with E-state index in [0.29, 0.717) is 19.6 Å². The van der Waals surface area contributed by atoms with Crippen LogP contribution >= 0.6 is 0 Å². The number of hydrogen-bond acceptors (Lipinski definition) is 4. The van der Waals surface area contributed by atoms with Crippen LogP contribution in [-0.2, 0) is 17.9 Å². The minimum Gasteiger partial charge on any atom is -0.395 e. The second kappa shape index (κ2) is 9.17. The number of anilines is 1. The quantitative estimate of drug-likeness (QED) is 0.693. The van der Waals surface area contributed by atoms with Gasteiger partial charge in [0.2, 0.25) is 5.91 Å². The Hall–Kier alpha value is -2.21. The summed E-state index contributed by atoms with van der Waals surface area (Å²) >= 11 is 0. The summed E-state index contributed by atoms with van der Waals surface area (Å²) in [6.45, 7) is 3.34. The van der Waals surface area contributed by atoms with E-state index in [2.05, 4.69) is 5.32 Å². The molecule has 0 saturated carbocycles. The molecule has 0 radical (unpaired) electrons. The SMILES string of the molecule is CC(C(=O)Nc1cccc(CN)c1)N(CCO)Cc1ccccc1. The summed E-state index contributed by atoms with van der Waals surface area (Å²) in [4.78, 5) is 14.5. The number of carbonyl (C=O) groups is 1. The number of aliphatic hydroxyl groups excluding tert-OH is 1. The zero-order valence-electron chi connectivity index (χ0n) is 14.0. The molecule has 1 atom stereocenters. The van der Waals surface area contributed by atoms with Crippen molar-refractivity contribution in [1.82, 2.24) is 4.90 Å². The van der Waals surface area contributed by atoms with Gasteiger partial charge in [0.15, 0.2) is 0 Å². The number of nitrogens with two attached hydrogens (primary N) is 1. The third kappa shape index (κ3) is 5.16. The van der Waals surface area contributed by atoms with Crippen LogP contribution in [0.5, 0.6) is 0 Å². The number of benzene rings is 2. The molecule has 1 amide bonds. The molecule has 2 aromatic rings. The lowest BCUT2D eigenvalue weighted by atomic mass is 10.1. The molecule has 2 rings (SSSR count). The van der Waals surface area contributed by atoms with Gasteiger partial charge >= 0.3 is 0 Å². The van der Waals surface area contributed by atoms with E-state index in [9.17, 15) is 9.90 Å². The van der Waals surface area contributed by atoms with Gasteiger partial charge in [0.1, 0.15) is 0 Å². The van der Waals surface area contributed by atoms with Crippen molar-refractivity contribution in [3.05, 3.63) is 65.7 Å². The monoisotopic (exact) mass is 327 g/mol. The summed E-state index contributed by atoms with van der Waals surface area (Å²) in [6.07, 6.45) is 0. The second-order valence-electron chi connectivity index (χ2n) is 5.75. The average Bonchev–Trinajstić information content (AvgIpc) is 2.61. The van der Waals surface area contributed by atoms with Crippen molar-refractivity contribution in [2.24, 2.45) is 5.73 Å². The van der Waals surface area contributed by atoms with Gasteiger partial charge in [-0.2, -0.15) is 0 Å². The van der Waals surface area contributed by atoms with Gasteiger partial charge in [-0.1, -0.05) is 42.5 Å². The van der Waals surface area contributed by atoms with E-state index >= 15 is 0 Å². The van der Waals surface area contributed by atoms with E-state index in [0.717, 1.165) is 16.8 Å². The summed E-state index contributed by atoms with van der Waals surface area (Å²) in [5.41, 5.74) is 8.45. The van der Waals surface area contributed by atoms with Crippen LogP contribution in [0.25, 0.3) is 0 Å². The Morgan fingerprint density at radius 2 is 1.88 bits per heavy atom. The minimum absolute atomic E-state index is 0.00706. The predicted octanol–water partition coefficient (Wildman–Crippen LogP) is 1.97. The Bertz CT molecular complexity index is 646. The standard InChI is InChI=1S/C19H25N3O2/c1-15(19(24)21-18-9-5-8-17(12-18)13-20)22(10-11-23)14-16-6-3-2-4-7-16/h2-9,12,15,23H,10-11,13-14,20H2,1H3,(H,21,24). The summed E-state index contributed by atoms with van der Waals surface area (Å²) < 4.78 is 0. The summed E-state index contributed by atoms with van der Waals surface area (Å²) in [7, 11) is 0. The van der Waals surface area contributed by atoms with Crippen molar-refractivity contribution in [2.45, 2.75) is 26.1 Å². The van der Waals surface area contributed by atoms with Crippen molar-refractivity contribution >= 4 is 11.6 Å². The molecule has 4 N–H and O–H groups in total. The molecule has 0 heterocycles. The van der Waals surface area contributed by atoms with E-state index in [-0.39, 0.29) is 18.6 Å². The number of nitrogens with one attached hydrogen (secondary N) is 1. The highest BCUT2D eigenvalue weighted by molar-refractivity contribution is 5.94. The first-order valence-electron chi connectivity index (χ1n) is 8.12. The molecule has 0 bridgehead atoms. The average molecular weight is 327 g/mol. The molecule has 0 aliphatic carbocycles. The zero-order chi connectivity index (χ0) is 17.4. The lowest BCUT2D eigenvalue weighted by Gasteiger charge is -2.27. The van der Waals surface area contributed by atoms with E-state index in [1.807, 2.05) is 66.4 Å². The van der Waals surface area contributed by atoms with Gasteiger partial charge in [-0.05, 0) is 30.2 Å². The van der Waals surface area contributed by atoms with Crippen LogP contribution in [0.15, 0.2) is 54.6 Å². The maximum Gasteiger partial charge on any atom is 0.241 e. The number of hydrogen-bond donors (Lipinski definition) is 3. The molecule has 0 saturated heterocycles. The number of rotatable bonds is 8. The maximum absolute atomic E-state index is 12.6. The van der Waals surface area contributed by atoms with Gasteiger partial charge in [0, 0.05) is 25.3 Å². The largest absolute Gasteiger partial charge is 0.395 e. The summed E-state index contributed by atoms with van der Waals surface area (Å²) in [5.74, 6) is -0.103. The normalized spacial score (nSPS) is 12.2. The van der Waals surface area contributed by atoms with Crippen molar-refractivity contribution in [2.75, 3.05) is 18.5 Å². The van der Waals surface area contributed by atoms with E-state index in [4.69, 9.17) is 5.73 Å². The Morgan fingerprint density at radius 1 is 1.17 bits per heavy atom. The van der Waals surface area contributed by atoms with Crippen LogP contribution in [-0.4, -0.2) is 35.1 Å². The molecule has 0 fully saturated rings. The van der Waals surface area contributed by atoms with Gasteiger partial charge in [-0.25, -0.2) is 0 Å². The number of nitrogens with zero attached hydrogens (tertiary/aromatic N) is 1.